The maximum Gasteiger partial charge on any atom is 0.368 e. The molecule has 0 radical (unpaired) electrons. The van der Waals surface area contributed by atoms with Crippen molar-refractivity contribution in [2.75, 3.05) is 0 Å². The van der Waals surface area contributed by atoms with Gasteiger partial charge in [-0.3, -0.25) is 0 Å². The molecule has 0 saturated heterocycles. The van der Waals surface area contributed by atoms with Crippen LogP contribution in [0.15, 0.2) is 47.6 Å². The number of halogens is 3. The first kappa shape index (κ1) is 14.1. The smallest absolute Gasteiger partial charge is 0.313 e. The third kappa shape index (κ3) is 3.39. The predicted octanol–water partition coefficient (Wildman–Crippen LogP) is 3.81. The molecule has 0 saturated carbocycles. The molecular weight excluding hydrogens is 288 g/mol. The number of hydrogen-bond donors (Lipinski definition) is 0. The molecule has 0 bridgehead atoms. The second-order valence-corrected chi connectivity index (χ2v) is 4.21. The lowest BCUT2D eigenvalue weighted by molar-refractivity contribution is 0.0512. The Labute approximate surface area is 118 Å². The molecule has 2 rings (SSSR count). The van der Waals surface area contributed by atoms with E-state index in [9.17, 15) is 13.6 Å². The summed E-state index contributed by atoms with van der Waals surface area (Å²) in [6, 6.07) is 9.87. The summed E-state index contributed by atoms with van der Waals surface area (Å²) in [6.07, 6.45) is 1.24. The third-order valence-corrected chi connectivity index (χ3v) is 2.59. The minimum absolute atomic E-state index is 0.497. The van der Waals surface area contributed by atoms with Gasteiger partial charge in [-0.15, -0.1) is 0 Å². The number of carbonyl (C=O) groups excluding carboxylic acids is 1. The number of hydrogen-bond acceptors (Lipinski definition) is 3. The Balaban J connectivity index is 2.07. The zero-order valence-electron chi connectivity index (χ0n) is 10.0. The Morgan fingerprint density at radius 3 is 2.70 bits per heavy atom. The molecule has 0 amide bonds. The van der Waals surface area contributed by atoms with E-state index in [1.807, 2.05) is 0 Å². The van der Waals surface area contributed by atoms with Gasteiger partial charge in [-0.25, -0.2) is 13.6 Å². The summed E-state index contributed by atoms with van der Waals surface area (Å²) in [5, 5.41) is 3.90. The number of carbonyl (C=O) groups is 1. The normalized spacial score (nSPS) is 10.8. The lowest BCUT2D eigenvalue weighted by Gasteiger charge is -2.00. The van der Waals surface area contributed by atoms with Crippen LogP contribution in [-0.4, -0.2) is 12.2 Å². The molecule has 6 heteroatoms. The predicted molar refractivity (Wildman–Crippen MR) is 70.8 cm³/mol. The monoisotopic (exact) mass is 295 g/mol. The average Bonchev–Trinajstić information content (AvgIpc) is 2.42. The molecule has 3 nitrogen and oxygen atoms in total. The summed E-state index contributed by atoms with van der Waals surface area (Å²) < 4.78 is 26.2. The Hall–Kier alpha value is -2.27. The Morgan fingerprint density at radius 2 is 1.95 bits per heavy atom. The molecule has 102 valence electrons. The minimum atomic E-state index is -1.27. The molecule has 0 spiro atoms. The van der Waals surface area contributed by atoms with Crippen LogP contribution in [-0.2, 0) is 4.84 Å². The summed E-state index contributed by atoms with van der Waals surface area (Å²) in [5.74, 6) is -3.48. The van der Waals surface area contributed by atoms with E-state index in [4.69, 9.17) is 11.6 Å². The van der Waals surface area contributed by atoms with E-state index in [2.05, 4.69) is 9.99 Å². The van der Waals surface area contributed by atoms with Gasteiger partial charge in [0.1, 0.15) is 5.56 Å². The highest BCUT2D eigenvalue weighted by Gasteiger charge is 2.16. The fraction of sp³-hybridized carbons (Fsp3) is 0. The lowest BCUT2D eigenvalue weighted by Crippen LogP contribution is -2.05. The van der Waals surface area contributed by atoms with Crippen molar-refractivity contribution in [3.05, 3.63) is 70.2 Å². The second kappa shape index (κ2) is 6.25. The van der Waals surface area contributed by atoms with Crippen molar-refractivity contribution in [2.24, 2.45) is 5.16 Å². The highest BCUT2D eigenvalue weighted by Crippen LogP contribution is 2.13. The van der Waals surface area contributed by atoms with Crippen LogP contribution in [0.1, 0.15) is 15.9 Å². The molecule has 2 aromatic carbocycles. The van der Waals surface area contributed by atoms with Gasteiger partial charge in [0.2, 0.25) is 0 Å². The molecule has 0 unspecified atom stereocenters. The molecule has 0 fully saturated rings. The van der Waals surface area contributed by atoms with Crippen LogP contribution >= 0.6 is 11.6 Å². The van der Waals surface area contributed by atoms with Crippen molar-refractivity contribution >= 4 is 23.8 Å². The number of rotatable bonds is 3. The molecule has 0 aliphatic heterocycles. The van der Waals surface area contributed by atoms with Gasteiger partial charge in [0.05, 0.1) is 6.21 Å². The molecule has 0 heterocycles. The zero-order chi connectivity index (χ0) is 14.5. The van der Waals surface area contributed by atoms with E-state index in [0.29, 0.717) is 10.6 Å². The van der Waals surface area contributed by atoms with Crippen LogP contribution in [0.5, 0.6) is 0 Å². The average molecular weight is 296 g/mol. The molecule has 0 aliphatic rings. The molecule has 2 aromatic rings. The van der Waals surface area contributed by atoms with Crippen molar-refractivity contribution in [1.82, 2.24) is 0 Å². The Morgan fingerprint density at radius 1 is 1.20 bits per heavy atom. The highest BCUT2D eigenvalue weighted by molar-refractivity contribution is 6.30. The van der Waals surface area contributed by atoms with Crippen LogP contribution < -0.4 is 0 Å². The standard InChI is InChI=1S/C14H8ClF2NO2/c15-10-4-1-3-9(7-10)8-18-20-14(19)11-5-2-6-12(16)13(11)17/h1-8H. The van der Waals surface area contributed by atoms with E-state index in [-0.39, 0.29) is 0 Å². The molecular formula is C14H8ClF2NO2. The summed E-state index contributed by atoms with van der Waals surface area (Å²) in [5.41, 5.74) is 0.0817. The largest absolute Gasteiger partial charge is 0.368 e. The summed E-state index contributed by atoms with van der Waals surface area (Å²) in [4.78, 5) is 16.0. The van der Waals surface area contributed by atoms with Gasteiger partial charge in [0.15, 0.2) is 11.6 Å². The minimum Gasteiger partial charge on any atom is -0.313 e. The number of oxime groups is 1. The van der Waals surface area contributed by atoms with E-state index >= 15 is 0 Å². The summed E-state index contributed by atoms with van der Waals surface area (Å²) in [7, 11) is 0. The van der Waals surface area contributed by atoms with Gasteiger partial charge in [0.25, 0.3) is 0 Å². The van der Waals surface area contributed by atoms with E-state index in [1.54, 1.807) is 24.3 Å². The number of nitrogens with zero attached hydrogens (tertiary/aromatic N) is 1. The maximum absolute atomic E-state index is 13.3. The lowest BCUT2D eigenvalue weighted by atomic mass is 10.2. The van der Waals surface area contributed by atoms with Gasteiger partial charge >= 0.3 is 5.97 Å². The van der Waals surface area contributed by atoms with Crippen molar-refractivity contribution in [2.45, 2.75) is 0 Å². The fourth-order valence-electron chi connectivity index (χ4n) is 1.43. The quantitative estimate of drug-likeness (QED) is 0.491. The zero-order valence-corrected chi connectivity index (χ0v) is 10.8. The van der Waals surface area contributed by atoms with E-state index in [1.165, 1.54) is 12.3 Å². The van der Waals surface area contributed by atoms with Crippen molar-refractivity contribution < 1.29 is 18.4 Å². The van der Waals surface area contributed by atoms with E-state index in [0.717, 1.165) is 12.1 Å². The van der Waals surface area contributed by atoms with Gasteiger partial charge in [-0.1, -0.05) is 35.0 Å². The maximum atomic E-state index is 13.3. The van der Waals surface area contributed by atoms with Crippen LogP contribution in [0.25, 0.3) is 0 Å². The van der Waals surface area contributed by atoms with Crippen LogP contribution in [0.4, 0.5) is 8.78 Å². The molecule has 0 aliphatic carbocycles. The van der Waals surface area contributed by atoms with Crippen molar-refractivity contribution in [3.63, 3.8) is 0 Å². The van der Waals surface area contributed by atoms with Gasteiger partial charge in [0, 0.05) is 5.02 Å². The molecule has 0 N–H and O–H groups in total. The fourth-order valence-corrected chi connectivity index (χ4v) is 1.63. The first-order valence-electron chi connectivity index (χ1n) is 5.52. The van der Waals surface area contributed by atoms with Gasteiger partial charge < -0.3 is 4.84 Å². The van der Waals surface area contributed by atoms with Crippen LogP contribution in [0.3, 0.4) is 0 Å². The summed E-state index contributed by atoms with van der Waals surface area (Å²) in [6.45, 7) is 0. The topological polar surface area (TPSA) is 38.7 Å². The number of benzene rings is 2. The first-order chi connectivity index (χ1) is 9.58. The van der Waals surface area contributed by atoms with Crippen molar-refractivity contribution in [3.8, 4) is 0 Å². The van der Waals surface area contributed by atoms with Crippen LogP contribution in [0, 0.1) is 11.6 Å². The van der Waals surface area contributed by atoms with Crippen LogP contribution in [0.2, 0.25) is 5.02 Å². The van der Waals surface area contributed by atoms with Gasteiger partial charge in [-0.2, -0.15) is 0 Å². The first-order valence-corrected chi connectivity index (χ1v) is 5.90. The third-order valence-electron chi connectivity index (χ3n) is 2.36. The summed E-state index contributed by atoms with van der Waals surface area (Å²) >= 11 is 5.76. The molecule has 0 aromatic heterocycles. The Kier molecular flexibility index (Phi) is 4.42. The molecule has 20 heavy (non-hydrogen) atoms. The van der Waals surface area contributed by atoms with E-state index < -0.39 is 23.2 Å². The van der Waals surface area contributed by atoms with Gasteiger partial charge in [-0.05, 0) is 29.8 Å². The highest BCUT2D eigenvalue weighted by atomic mass is 35.5. The molecule has 0 atom stereocenters. The Bertz CT molecular complexity index is 674. The SMILES string of the molecule is O=C(ON=Cc1cccc(Cl)c1)c1cccc(F)c1F. The van der Waals surface area contributed by atoms with Crippen molar-refractivity contribution in [1.29, 1.82) is 0 Å². The second-order valence-electron chi connectivity index (χ2n) is 3.77.